The zero-order valence-electron chi connectivity index (χ0n) is 16.5. The van der Waals surface area contributed by atoms with Crippen molar-refractivity contribution < 1.29 is 22.0 Å². The van der Waals surface area contributed by atoms with Crippen LogP contribution >= 0.6 is 11.8 Å². The number of nitrogens with one attached hydrogen (secondary N) is 2. The molecule has 0 fully saturated rings. The maximum absolute atomic E-state index is 12.9. The van der Waals surface area contributed by atoms with Gasteiger partial charge in [-0.15, -0.1) is 0 Å². The molecule has 0 aliphatic carbocycles. The predicted molar refractivity (Wildman–Crippen MR) is 119 cm³/mol. The summed E-state index contributed by atoms with van der Waals surface area (Å²) in [5.74, 6) is -2.82. The second-order valence-corrected chi connectivity index (χ2v) is 9.41. The van der Waals surface area contributed by atoms with Gasteiger partial charge >= 0.3 is 0 Å². The van der Waals surface area contributed by atoms with Crippen LogP contribution in [0.2, 0.25) is 0 Å². The number of amides is 1. The first-order valence-corrected chi connectivity index (χ1v) is 11.6. The number of carbonyl (C=O) groups excluding carboxylic acids is 1. The number of hydrogen-bond acceptors (Lipinski definition) is 4. The van der Waals surface area contributed by atoms with E-state index in [-0.39, 0.29) is 22.9 Å². The van der Waals surface area contributed by atoms with E-state index in [1.165, 1.54) is 30.3 Å². The second kappa shape index (κ2) is 9.93. The van der Waals surface area contributed by atoms with Crippen LogP contribution in [0.4, 0.5) is 20.2 Å². The molecule has 5 nitrogen and oxygen atoms in total. The van der Waals surface area contributed by atoms with E-state index in [9.17, 15) is 22.0 Å². The fourth-order valence-corrected chi connectivity index (χ4v) is 4.70. The lowest BCUT2D eigenvalue weighted by molar-refractivity contribution is -0.115. The topological polar surface area (TPSA) is 75.3 Å². The Morgan fingerprint density at radius 1 is 0.968 bits per heavy atom. The van der Waals surface area contributed by atoms with Gasteiger partial charge in [0.15, 0.2) is 0 Å². The summed E-state index contributed by atoms with van der Waals surface area (Å²) in [5.41, 5.74) is 1.95. The number of benzene rings is 3. The Balaban J connectivity index is 1.74. The van der Waals surface area contributed by atoms with Crippen LogP contribution in [0.3, 0.4) is 0 Å². The Kier molecular flexibility index (Phi) is 7.29. The van der Waals surface area contributed by atoms with E-state index < -0.39 is 15.8 Å². The molecule has 0 bridgehead atoms. The van der Waals surface area contributed by atoms with Gasteiger partial charge in [-0.25, -0.2) is 8.42 Å². The molecule has 0 spiro atoms. The van der Waals surface area contributed by atoms with E-state index in [1.54, 1.807) is 19.1 Å². The first-order valence-electron chi connectivity index (χ1n) is 9.25. The number of anilines is 2. The molecule has 31 heavy (non-hydrogen) atoms. The van der Waals surface area contributed by atoms with Crippen molar-refractivity contribution in [2.24, 2.45) is 0 Å². The maximum atomic E-state index is 12.9. The number of thioether (sulfide) groups is 1. The predicted octanol–water partition coefficient (Wildman–Crippen LogP) is 5.29. The van der Waals surface area contributed by atoms with E-state index in [4.69, 9.17) is 0 Å². The van der Waals surface area contributed by atoms with Crippen LogP contribution in [0.1, 0.15) is 11.1 Å². The lowest BCUT2D eigenvalue weighted by Crippen LogP contribution is -2.17. The van der Waals surface area contributed by atoms with E-state index >= 15 is 0 Å². The van der Waals surface area contributed by atoms with Crippen molar-refractivity contribution in [1.29, 1.82) is 0 Å². The SMILES string of the molecule is Cc1ccc(NC(=O)Cc2ccccc2)cc1S(=O)(=O)Nc1ccc(SC(F)F)cc1. The minimum absolute atomic E-state index is 0.0102. The zero-order valence-corrected chi connectivity index (χ0v) is 18.1. The van der Waals surface area contributed by atoms with Gasteiger partial charge in [0, 0.05) is 16.3 Å². The third-order valence-corrected chi connectivity index (χ3v) is 6.55. The fraction of sp³-hybridized carbons (Fsp3) is 0.136. The molecule has 0 aliphatic rings. The van der Waals surface area contributed by atoms with Crippen molar-refractivity contribution in [3.05, 3.63) is 83.9 Å². The first-order chi connectivity index (χ1) is 14.7. The number of halogens is 2. The van der Waals surface area contributed by atoms with Gasteiger partial charge in [0.2, 0.25) is 5.91 Å². The summed E-state index contributed by atoms with van der Waals surface area (Å²) in [7, 11) is -3.95. The van der Waals surface area contributed by atoms with Gasteiger partial charge in [-0.2, -0.15) is 8.78 Å². The van der Waals surface area contributed by atoms with Crippen LogP contribution in [0.15, 0.2) is 82.6 Å². The summed E-state index contributed by atoms with van der Waals surface area (Å²) in [6.45, 7) is 1.65. The van der Waals surface area contributed by atoms with Crippen molar-refractivity contribution in [3.63, 3.8) is 0 Å². The molecule has 0 saturated carbocycles. The van der Waals surface area contributed by atoms with Gasteiger partial charge in [0.25, 0.3) is 15.8 Å². The quantitative estimate of drug-likeness (QED) is 0.446. The Hall–Kier alpha value is -2.91. The van der Waals surface area contributed by atoms with Gasteiger partial charge < -0.3 is 5.32 Å². The van der Waals surface area contributed by atoms with Crippen LogP contribution in [-0.2, 0) is 21.2 Å². The van der Waals surface area contributed by atoms with Crippen molar-refractivity contribution >= 4 is 39.1 Å². The normalized spacial score (nSPS) is 11.4. The van der Waals surface area contributed by atoms with Gasteiger partial charge in [0.05, 0.1) is 11.3 Å². The summed E-state index contributed by atoms with van der Waals surface area (Å²) in [6.07, 6.45) is 0.165. The molecule has 0 aromatic heterocycles. The van der Waals surface area contributed by atoms with Crippen LogP contribution in [0.25, 0.3) is 0 Å². The van der Waals surface area contributed by atoms with E-state index in [0.29, 0.717) is 27.9 Å². The molecule has 9 heteroatoms. The highest BCUT2D eigenvalue weighted by atomic mass is 32.2. The van der Waals surface area contributed by atoms with E-state index in [0.717, 1.165) is 5.56 Å². The Morgan fingerprint density at radius 2 is 1.61 bits per heavy atom. The van der Waals surface area contributed by atoms with Crippen LogP contribution in [0, 0.1) is 6.92 Å². The average molecular weight is 463 g/mol. The minimum atomic E-state index is -3.95. The van der Waals surface area contributed by atoms with Crippen LogP contribution in [0.5, 0.6) is 0 Å². The summed E-state index contributed by atoms with van der Waals surface area (Å²) in [6, 6.07) is 19.5. The molecule has 2 N–H and O–H groups in total. The Morgan fingerprint density at radius 3 is 2.26 bits per heavy atom. The van der Waals surface area contributed by atoms with Gasteiger partial charge in [-0.3, -0.25) is 9.52 Å². The monoisotopic (exact) mass is 462 g/mol. The second-order valence-electron chi connectivity index (χ2n) is 6.70. The summed E-state index contributed by atoms with van der Waals surface area (Å²) in [5, 5.41) is 2.71. The highest BCUT2D eigenvalue weighted by molar-refractivity contribution is 7.99. The summed E-state index contributed by atoms with van der Waals surface area (Å²) in [4.78, 5) is 12.6. The molecule has 0 atom stereocenters. The highest BCUT2D eigenvalue weighted by Gasteiger charge is 2.18. The average Bonchev–Trinajstić information content (AvgIpc) is 2.71. The third-order valence-electron chi connectivity index (χ3n) is 4.30. The largest absolute Gasteiger partial charge is 0.326 e. The molecule has 0 saturated heterocycles. The lowest BCUT2D eigenvalue weighted by atomic mass is 10.1. The number of aryl methyl sites for hydroxylation is 1. The summed E-state index contributed by atoms with van der Waals surface area (Å²) >= 11 is 0.381. The number of rotatable bonds is 8. The van der Waals surface area contributed by atoms with Gasteiger partial charge in [0.1, 0.15) is 0 Å². The molecular weight excluding hydrogens is 442 g/mol. The molecule has 3 rings (SSSR count). The van der Waals surface area contributed by atoms with Crippen molar-refractivity contribution in [3.8, 4) is 0 Å². The zero-order chi connectivity index (χ0) is 22.4. The van der Waals surface area contributed by atoms with E-state index in [2.05, 4.69) is 10.0 Å². The molecule has 0 radical (unpaired) electrons. The number of hydrogen-bond donors (Lipinski definition) is 2. The number of sulfonamides is 1. The van der Waals surface area contributed by atoms with Crippen molar-refractivity contribution in [1.82, 2.24) is 0 Å². The molecule has 1 amide bonds. The molecule has 3 aromatic carbocycles. The molecule has 162 valence electrons. The smallest absolute Gasteiger partial charge is 0.288 e. The van der Waals surface area contributed by atoms with E-state index in [1.807, 2.05) is 30.3 Å². The van der Waals surface area contributed by atoms with Crippen molar-refractivity contribution in [2.75, 3.05) is 10.0 Å². The fourth-order valence-electron chi connectivity index (χ4n) is 2.87. The van der Waals surface area contributed by atoms with Gasteiger partial charge in [-0.1, -0.05) is 48.2 Å². The Labute approximate surface area is 183 Å². The third kappa shape index (κ3) is 6.53. The highest BCUT2D eigenvalue weighted by Crippen LogP contribution is 2.28. The molecule has 0 heterocycles. The first kappa shape index (κ1) is 22.8. The number of alkyl halides is 2. The summed E-state index contributed by atoms with van der Waals surface area (Å²) < 4.78 is 53.0. The maximum Gasteiger partial charge on any atom is 0.288 e. The molecule has 0 unspecified atom stereocenters. The van der Waals surface area contributed by atoms with Crippen LogP contribution in [-0.4, -0.2) is 20.1 Å². The Bertz CT molecular complexity index is 1150. The van der Waals surface area contributed by atoms with Crippen LogP contribution < -0.4 is 10.0 Å². The standard InChI is InChI=1S/C22H20F2N2O3S2/c1-15-7-8-18(25-21(27)13-16-5-3-2-4-6-16)14-20(15)31(28,29)26-17-9-11-19(12-10-17)30-22(23)24/h2-12,14,22,26H,13H2,1H3,(H,25,27). The number of carbonyl (C=O) groups is 1. The van der Waals surface area contributed by atoms with Crippen molar-refractivity contribution in [2.45, 2.75) is 28.9 Å². The molecule has 3 aromatic rings. The molecular formula is C22H20F2N2O3S2. The van der Waals surface area contributed by atoms with Gasteiger partial charge in [-0.05, 0) is 54.4 Å². The minimum Gasteiger partial charge on any atom is -0.326 e. The lowest BCUT2D eigenvalue weighted by Gasteiger charge is -2.13. The molecule has 0 aliphatic heterocycles.